The molecule has 0 bridgehead atoms. The summed E-state index contributed by atoms with van der Waals surface area (Å²) in [5.41, 5.74) is 0.330. The molecule has 0 unspecified atom stereocenters. The molecule has 0 fully saturated rings. The Kier molecular flexibility index (Phi) is 6.07. The molecule has 9 nitrogen and oxygen atoms in total. The van der Waals surface area contributed by atoms with Crippen molar-refractivity contribution < 1.29 is 28.7 Å². The first-order chi connectivity index (χ1) is 12.8. The van der Waals surface area contributed by atoms with E-state index in [0.717, 1.165) is 9.80 Å². The Hall–Kier alpha value is -3.49. The Labute approximate surface area is 155 Å². The Morgan fingerprint density at radius 2 is 1.89 bits per heavy atom. The fourth-order valence-corrected chi connectivity index (χ4v) is 2.42. The second kappa shape index (κ2) is 8.26. The predicted octanol–water partition coefficient (Wildman–Crippen LogP) is -0.170. The molecular formula is C18H19N3O6. The van der Waals surface area contributed by atoms with E-state index in [9.17, 15) is 24.0 Å². The smallest absolute Gasteiger partial charge is 0.338 e. The maximum absolute atomic E-state index is 12.3. The van der Waals surface area contributed by atoms with E-state index in [4.69, 9.17) is 4.74 Å². The van der Waals surface area contributed by atoms with Gasteiger partial charge >= 0.3 is 5.97 Å². The molecule has 1 aliphatic heterocycles. The number of rotatable bonds is 7. The number of esters is 1. The monoisotopic (exact) mass is 373 g/mol. The molecule has 142 valence electrons. The van der Waals surface area contributed by atoms with E-state index in [2.05, 4.69) is 11.9 Å². The van der Waals surface area contributed by atoms with Gasteiger partial charge in [0.05, 0.1) is 23.2 Å². The van der Waals surface area contributed by atoms with Gasteiger partial charge in [-0.15, -0.1) is 6.58 Å². The van der Waals surface area contributed by atoms with Crippen molar-refractivity contribution in [2.75, 3.05) is 33.8 Å². The highest BCUT2D eigenvalue weighted by molar-refractivity contribution is 6.22. The van der Waals surface area contributed by atoms with Crippen molar-refractivity contribution in [1.82, 2.24) is 15.1 Å². The quantitative estimate of drug-likeness (QED) is 0.403. The summed E-state index contributed by atoms with van der Waals surface area (Å²) in [5.74, 6) is -2.71. The number of imide groups is 1. The summed E-state index contributed by atoms with van der Waals surface area (Å²) in [6, 6.07) is 3.98. The third kappa shape index (κ3) is 4.20. The molecule has 0 radical (unpaired) electrons. The number of hydrogen-bond acceptors (Lipinski definition) is 6. The molecule has 1 N–H and O–H groups in total. The van der Waals surface area contributed by atoms with Gasteiger partial charge in [-0.3, -0.25) is 24.1 Å². The van der Waals surface area contributed by atoms with Crippen LogP contribution in [0.1, 0.15) is 31.1 Å². The maximum Gasteiger partial charge on any atom is 0.338 e. The van der Waals surface area contributed by atoms with E-state index in [-0.39, 0.29) is 35.7 Å². The molecule has 1 aromatic carbocycles. The number of fused-ring (bicyclic) bond motifs is 1. The normalized spacial score (nSPS) is 12.4. The van der Waals surface area contributed by atoms with Crippen molar-refractivity contribution in [3.8, 4) is 0 Å². The lowest BCUT2D eigenvalue weighted by atomic mass is 10.1. The minimum absolute atomic E-state index is 0.0390. The number of benzene rings is 1. The molecule has 0 aliphatic carbocycles. The van der Waals surface area contributed by atoms with Gasteiger partial charge in [-0.25, -0.2) is 4.79 Å². The van der Waals surface area contributed by atoms with E-state index in [1.165, 1.54) is 38.4 Å². The van der Waals surface area contributed by atoms with Crippen LogP contribution >= 0.6 is 0 Å². The summed E-state index contributed by atoms with van der Waals surface area (Å²) in [7, 11) is 2.84. The van der Waals surface area contributed by atoms with Gasteiger partial charge < -0.3 is 15.0 Å². The molecule has 27 heavy (non-hydrogen) atoms. The van der Waals surface area contributed by atoms with Crippen LogP contribution in [-0.4, -0.2) is 73.2 Å². The van der Waals surface area contributed by atoms with Crippen LogP contribution in [0.4, 0.5) is 0 Å². The lowest BCUT2D eigenvalue weighted by molar-refractivity contribution is -0.137. The Morgan fingerprint density at radius 1 is 1.22 bits per heavy atom. The molecular weight excluding hydrogens is 354 g/mol. The molecule has 4 amide bonds. The molecule has 0 spiro atoms. The van der Waals surface area contributed by atoms with Crippen LogP contribution in [0.25, 0.3) is 0 Å². The summed E-state index contributed by atoms with van der Waals surface area (Å²) in [4.78, 5) is 61.8. The third-order valence-corrected chi connectivity index (χ3v) is 3.93. The van der Waals surface area contributed by atoms with Crippen molar-refractivity contribution >= 4 is 29.6 Å². The van der Waals surface area contributed by atoms with Gasteiger partial charge in [0, 0.05) is 20.6 Å². The summed E-state index contributed by atoms with van der Waals surface area (Å²) >= 11 is 0. The lowest BCUT2D eigenvalue weighted by Gasteiger charge is -2.15. The largest absolute Gasteiger partial charge is 0.452 e. The first-order valence-electron chi connectivity index (χ1n) is 8.03. The lowest BCUT2D eigenvalue weighted by Crippen LogP contribution is -2.39. The first kappa shape index (κ1) is 19.8. The SMILES string of the molecule is C=CCN1C(=O)c2ccc(C(=O)OCC(=O)N(C)CC(=O)NC)cc2C1=O. The number of nitrogens with one attached hydrogen (secondary N) is 1. The van der Waals surface area contributed by atoms with Gasteiger partial charge in [0.25, 0.3) is 17.7 Å². The zero-order chi connectivity index (χ0) is 20.1. The van der Waals surface area contributed by atoms with Crippen molar-refractivity contribution in [3.05, 3.63) is 47.5 Å². The molecule has 2 rings (SSSR count). The number of nitrogens with zero attached hydrogens (tertiary/aromatic N) is 2. The first-order valence-corrected chi connectivity index (χ1v) is 8.03. The van der Waals surface area contributed by atoms with Gasteiger partial charge in [-0.05, 0) is 18.2 Å². The number of amides is 4. The van der Waals surface area contributed by atoms with Crippen LogP contribution in [0.2, 0.25) is 0 Å². The van der Waals surface area contributed by atoms with Gasteiger partial charge in [-0.2, -0.15) is 0 Å². The number of likely N-dealkylation sites (N-methyl/N-ethyl adjacent to an activating group) is 2. The van der Waals surface area contributed by atoms with Crippen LogP contribution in [-0.2, 0) is 14.3 Å². The molecule has 0 aromatic heterocycles. The summed E-state index contributed by atoms with van der Waals surface area (Å²) < 4.78 is 4.93. The van der Waals surface area contributed by atoms with E-state index in [1.807, 2.05) is 0 Å². The van der Waals surface area contributed by atoms with E-state index < -0.39 is 30.3 Å². The Balaban J connectivity index is 2.04. The molecule has 0 saturated carbocycles. The standard InChI is InChI=1S/C18H19N3O6/c1-4-7-21-16(24)12-6-5-11(8-13(12)17(21)25)18(26)27-10-15(23)20(3)9-14(22)19-2/h4-6,8H,1,7,9-10H2,2-3H3,(H,19,22). The number of ether oxygens (including phenoxy) is 1. The fraction of sp³-hybridized carbons (Fsp3) is 0.278. The number of hydrogen-bond donors (Lipinski definition) is 1. The maximum atomic E-state index is 12.3. The van der Waals surface area contributed by atoms with Crippen molar-refractivity contribution in [1.29, 1.82) is 0 Å². The molecule has 9 heteroatoms. The second-order valence-electron chi connectivity index (χ2n) is 5.77. The number of carbonyl (C=O) groups is 5. The zero-order valence-corrected chi connectivity index (χ0v) is 15.0. The van der Waals surface area contributed by atoms with E-state index in [1.54, 1.807) is 0 Å². The third-order valence-electron chi connectivity index (χ3n) is 3.93. The van der Waals surface area contributed by atoms with Gasteiger partial charge in [0.1, 0.15) is 0 Å². The van der Waals surface area contributed by atoms with Crippen LogP contribution in [0, 0.1) is 0 Å². The molecule has 1 heterocycles. The van der Waals surface area contributed by atoms with Crippen LogP contribution in [0.5, 0.6) is 0 Å². The molecule has 0 atom stereocenters. The Bertz CT molecular complexity index is 832. The summed E-state index contributed by atoms with van der Waals surface area (Å²) in [6.45, 7) is 2.84. The second-order valence-corrected chi connectivity index (χ2v) is 5.77. The van der Waals surface area contributed by atoms with Crippen LogP contribution < -0.4 is 5.32 Å². The van der Waals surface area contributed by atoms with Crippen molar-refractivity contribution in [3.63, 3.8) is 0 Å². The zero-order valence-electron chi connectivity index (χ0n) is 15.0. The Morgan fingerprint density at radius 3 is 2.52 bits per heavy atom. The van der Waals surface area contributed by atoms with Crippen LogP contribution in [0.15, 0.2) is 30.9 Å². The topological polar surface area (TPSA) is 113 Å². The summed E-state index contributed by atoms with van der Waals surface area (Å²) in [5, 5.41) is 2.38. The molecule has 1 aliphatic rings. The van der Waals surface area contributed by atoms with Crippen LogP contribution in [0.3, 0.4) is 0 Å². The predicted molar refractivity (Wildman–Crippen MR) is 94.0 cm³/mol. The van der Waals surface area contributed by atoms with Crippen molar-refractivity contribution in [2.45, 2.75) is 0 Å². The minimum atomic E-state index is -0.818. The van der Waals surface area contributed by atoms with Crippen molar-refractivity contribution in [2.24, 2.45) is 0 Å². The fourth-order valence-electron chi connectivity index (χ4n) is 2.42. The summed E-state index contributed by atoms with van der Waals surface area (Å²) in [6.07, 6.45) is 1.43. The van der Waals surface area contributed by atoms with Gasteiger partial charge in [-0.1, -0.05) is 6.08 Å². The molecule has 0 saturated heterocycles. The highest BCUT2D eigenvalue weighted by Gasteiger charge is 2.35. The average molecular weight is 373 g/mol. The minimum Gasteiger partial charge on any atom is -0.452 e. The van der Waals surface area contributed by atoms with E-state index >= 15 is 0 Å². The molecule has 1 aromatic rings. The van der Waals surface area contributed by atoms with Gasteiger partial charge in [0.2, 0.25) is 5.91 Å². The van der Waals surface area contributed by atoms with Gasteiger partial charge in [0.15, 0.2) is 6.61 Å². The van der Waals surface area contributed by atoms with E-state index in [0.29, 0.717) is 0 Å². The highest BCUT2D eigenvalue weighted by atomic mass is 16.5. The highest BCUT2D eigenvalue weighted by Crippen LogP contribution is 2.24. The number of carbonyl (C=O) groups excluding carboxylic acids is 5. The average Bonchev–Trinajstić information content (AvgIpc) is 2.90.